The molecule has 1 fully saturated rings. The van der Waals surface area contributed by atoms with Crippen LogP contribution in [0.3, 0.4) is 0 Å². The number of non-ortho nitro benzene ring substituents is 1. The molecule has 28 heavy (non-hydrogen) atoms. The Morgan fingerprint density at radius 1 is 1.25 bits per heavy atom. The predicted molar refractivity (Wildman–Crippen MR) is 105 cm³/mol. The molecule has 150 valence electrons. The van der Waals surface area contributed by atoms with Gasteiger partial charge in [0, 0.05) is 38.3 Å². The molecule has 0 aliphatic carbocycles. The summed E-state index contributed by atoms with van der Waals surface area (Å²) >= 11 is 0. The van der Waals surface area contributed by atoms with Crippen LogP contribution in [0.5, 0.6) is 0 Å². The van der Waals surface area contributed by atoms with Gasteiger partial charge in [-0.2, -0.15) is 0 Å². The van der Waals surface area contributed by atoms with Crippen LogP contribution in [-0.2, 0) is 14.8 Å². The number of aryl methyl sites for hydroxylation is 1. The number of hydrogen-bond acceptors (Lipinski definition) is 6. The lowest BCUT2D eigenvalue weighted by Gasteiger charge is -2.33. The first-order valence-corrected chi connectivity index (χ1v) is 10.5. The van der Waals surface area contributed by atoms with Crippen LogP contribution in [0, 0.1) is 17.0 Å². The molecule has 1 unspecified atom stereocenters. The zero-order valence-corrected chi connectivity index (χ0v) is 16.4. The molecule has 1 heterocycles. The Balaban J connectivity index is 1.60. The number of nitrogens with zero attached hydrogens (tertiary/aromatic N) is 2. The summed E-state index contributed by atoms with van der Waals surface area (Å²) in [4.78, 5) is 12.4. The smallest absolute Gasteiger partial charge is 0.270 e. The van der Waals surface area contributed by atoms with Gasteiger partial charge in [-0.1, -0.05) is 36.4 Å². The van der Waals surface area contributed by atoms with Crippen molar-refractivity contribution in [2.75, 3.05) is 32.8 Å². The van der Waals surface area contributed by atoms with Gasteiger partial charge in [0.15, 0.2) is 0 Å². The molecule has 2 aromatic rings. The number of rotatable bonds is 7. The average molecular weight is 405 g/mol. The molecule has 8 nitrogen and oxygen atoms in total. The van der Waals surface area contributed by atoms with Crippen LogP contribution in [0.15, 0.2) is 53.4 Å². The summed E-state index contributed by atoms with van der Waals surface area (Å²) in [7, 11) is -3.83. The van der Waals surface area contributed by atoms with Crippen molar-refractivity contribution in [2.45, 2.75) is 17.9 Å². The Hall–Kier alpha value is -2.33. The third-order valence-electron chi connectivity index (χ3n) is 4.71. The fraction of sp³-hybridized carbons (Fsp3) is 0.368. The summed E-state index contributed by atoms with van der Waals surface area (Å²) in [5, 5.41) is 10.9. The average Bonchev–Trinajstić information content (AvgIpc) is 2.69. The van der Waals surface area contributed by atoms with Crippen molar-refractivity contribution in [3.05, 3.63) is 69.8 Å². The molecule has 3 rings (SSSR count). The van der Waals surface area contributed by atoms with E-state index in [4.69, 9.17) is 4.74 Å². The standard InChI is InChI=1S/C19H23N3O5S/c1-15-7-8-17(22(23)24)13-19(15)28(25,26)20-9-10-21-11-12-27-18(14-21)16-5-3-2-4-6-16/h2-8,13,18,20H,9-12,14H2,1H3. The van der Waals surface area contributed by atoms with Gasteiger partial charge in [-0.15, -0.1) is 0 Å². The molecule has 1 aliphatic heterocycles. The van der Waals surface area contributed by atoms with Crippen molar-refractivity contribution in [1.82, 2.24) is 9.62 Å². The molecule has 0 radical (unpaired) electrons. The first-order valence-electron chi connectivity index (χ1n) is 9.00. The maximum Gasteiger partial charge on any atom is 0.270 e. The lowest BCUT2D eigenvalue weighted by atomic mass is 10.1. The van der Waals surface area contributed by atoms with Crippen molar-refractivity contribution in [1.29, 1.82) is 0 Å². The third kappa shape index (κ3) is 4.93. The Kier molecular flexibility index (Phi) is 6.40. The number of morpholine rings is 1. The molecule has 9 heteroatoms. The van der Waals surface area contributed by atoms with E-state index in [1.165, 1.54) is 12.1 Å². The fourth-order valence-corrected chi connectivity index (χ4v) is 4.47. The van der Waals surface area contributed by atoms with Crippen LogP contribution >= 0.6 is 0 Å². The zero-order chi connectivity index (χ0) is 20.1. The van der Waals surface area contributed by atoms with E-state index in [0.29, 0.717) is 25.3 Å². The first-order chi connectivity index (χ1) is 13.4. The number of benzene rings is 2. The topological polar surface area (TPSA) is 102 Å². The van der Waals surface area contributed by atoms with E-state index in [1.54, 1.807) is 6.92 Å². The lowest BCUT2D eigenvalue weighted by molar-refractivity contribution is -0.385. The predicted octanol–water partition coefficient (Wildman–Crippen LogP) is 2.26. The molecule has 0 aromatic heterocycles. The minimum atomic E-state index is -3.83. The molecule has 0 amide bonds. The van der Waals surface area contributed by atoms with Gasteiger partial charge >= 0.3 is 0 Å². The van der Waals surface area contributed by atoms with Crippen LogP contribution in [-0.4, -0.2) is 51.0 Å². The highest BCUT2D eigenvalue weighted by atomic mass is 32.2. The second-order valence-corrected chi connectivity index (χ2v) is 8.41. The minimum Gasteiger partial charge on any atom is -0.371 e. The molecule has 1 N–H and O–H groups in total. The zero-order valence-electron chi connectivity index (χ0n) is 15.6. The van der Waals surface area contributed by atoms with Gasteiger partial charge in [0.2, 0.25) is 10.0 Å². The Bertz CT molecular complexity index is 934. The quantitative estimate of drug-likeness (QED) is 0.560. The van der Waals surface area contributed by atoms with Crippen LogP contribution in [0.2, 0.25) is 0 Å². The maximum atomic E-state index is 12.6. The number of nitro groups is 1. The van der Waals surface area contributed by atoms with Gasteiger partial charge in [0.25, 0.3) is 5.69 Å². The molecule has 2 aromatic carbocycles. The second kappa shape index (κ2) is 8.78. The van der Waals surface area contributed by atoms with Crippen molar-refractivity contribution >= 4 is 15.7 Å². The van der Waals surface area contributed by atoms with E-state index in [2.05, 4.69) is 9.62 Å². The van der Waals surface area contributed by atoms with Crippen molar-refractivity contribution in [3.8, 4) is 0 Å². The highest BCUT2D eigenvalue weighted by Gasteiger charge is 2.23. The van der Waals surface area contributed by atoms with E-state index in [0.717, 1.165) is 18.2 Å². The number of nitro benzene ring substituents is 1. The fourth-order valence-electron chi connectivity index (χ4n) is 3.18. The largest absolute Gasteiger partial charge is 0.371 e. The van der Waals surface area contributed by atoms with Crippen molar-refractivity contribution in [3.63, 3.8) is 0 Å². The summed E-state index contributed by atoms with van der Waals surface area (Å²) in [6.07, 6.45) is -0.0365. The number of nitrogens with one attached hydrogen (secondary N) is 1. The van der Waals surface area contributed by atoms with Gasteiger partial charge < -0.3 is 4.74 Å². The monoisotopic (exact) mass is 405 g/mol. The van der Waals surface area contributed by atoms with Gasteiger partial charge in [-0.3, -0.25) is 15.0 Å². The summed E-state index contributed by atoms with van der Waals surface area (Å²) in [5.41, 5.74) is 1.32. The molecule has 1 aliphatic rings. The normalized spacial score (nSPS) is 18.1. The Morgan fingerprint density at radius 2 is 2.00 bits per heavy atom. The molecular weight excluding hydrogens is 382 g/mol. The highest BCUT2D eigenvalue weighted by Crippen LogP contribution is 2.23. The maximum absolute atomic E-state index is 12.6. The summed E-state index contributed by atoms with van der Waals surface area (Å²) < 4.78 is 33.5. The van der Waals surface area contributed by atoms with Gasteiger partial charge in [0.1, 0.15) is 0 Å². The van der Waals surface area contributed by atoms with Gasteiger partial charge in [-0.05, 0) is 18.1 Å². The van der Waals surface area contributed by atoms with E-state index in [1.807, 2.05) is 30.3 Å². The van der Waals surface area contributed by atoms with E-state index in [-0.39, 0.29) is 23.2 Å². The number of ether oxygens (including phenoxy) is 1. The van der Waals surface area contributed by atoms with Crippen LogP contribution in [0.25, 0.3) is 0 Å². The second-order valence-electron chi connectivity index (χ2n) is 6.68. The highest BCUT2D eigenvalue weighted by molar-refractivity contribution is 7.89. The van der Waals surface area contributed by atoms with Crippen LogP contribution in [0.4, 0.5) is 5.69 Å². The third-order valence-corrected chi connectivity index (χ3v) is 6.32. The summed E-state index contributed by atoms with van der Waals surface area (Å²) in [6.45, 7) is 4.34. The Labute approximate surface area is 164 Å². The molecule has 0 spiro atoms. The minimum absolute atomic E-state index is 0.0365. The van der Waals surface area contributed by atoms with Crippen molar-refractivity contribution in [2.24, 2.45) is 0 Å². The van der Waals surface area contributed by atoms with Crippen molar-refractivity contribution < 1.29 is 18.1 Å². The van der Waals surface area contributed by atoms with Gasteiger partial charge in [0.05, 0.1) is 22.5 Å². The first kappa shape index (κ1) is 20.4. The lowest BCUT2D eigenvalue weighted by Crippen LogP contribution is -2.42. The number of sulfonamides is 1. The van der Waals surface area contributed by atoms with Crippen LogP contribution < -0.4 is 4.72 Å². The molecule has 1 atom stereocenters. The number of hydrogen-bond donors (Lipinski definition) is 1. The molecule has 0 saturated carbocycles. The SMILES string of the molecule is Cc1ccc([N+](=O)[O-])cc1S(=O)(=O)NCCN1CCOC(c2ccccc2)C1. The molecule has 1 saturated heterocycles. The summed E-state index contributed by atoms with van der Waals surface area (Å²) in [6, 6.07) is 13.8. The van der Waals surface area contributed by atoms with E-state index >= 15 is 0 Å². The van der Waals surface area contributed by atoms with Gasteiger partial charge in [-0.25, -0.2) is 13.1 Å². The summed E-state index contributed by atoms with van der Waals surface area (Å²) in [5.74, 6) is 0. The molecule has 0 bridgehead atoms. The molecular formula is C19H23N3O5S. The van der Waals surface area contributed by atoms with Crippen LogP contribution in [0.1, 0.15) is 17.2 Å². The van der Waals surface area contributed by atoms with E-state index in [9.17, 15) is 18.5 Å². The van der Waals surface area contributed by atoms with E-state index < -0.39 is 14.9 Å². The Morgan fingerprint density at radius 3 is 2.71 bits per heavy atom.